The highest BCUT2D eigenvalue weighted by molar-refractivity contribution is 9.08. The molecule has 0 unspecified atom stereocenters. The van der Waals surface area contributed by atoms with E-state index in [1.54, 1.807) is 0 Å². The zero-order valence-electron chi connectivity index (χ0n) is 6.92. The number of sulfone groups is 1. The molecule has 0 radical (unpaired) electrons. The molecule has 0 amide bonds. The van der Waals surface area contributed by atoms with Crippen LogP contribution in [0.1, 0.15) is 5.56 Å². The van der Waals surface area contributed by atoms with E-state index in [1.807, 2.05) is 0 Å². The van der Waals surface area contributed by atoms with Gasteiger partial charge in [-0.25, -0.2) is 12.8 Å². The summed E-state index contributed by atoms with van der Waals surface area (Å²) in [6.45, 7) is 0. The monoisotopic (exact) mass is 266 g/mol. The Hall–Kier alpha value is -0.420. The first-order valence-electron chi connectivity index (χ1n) is 3.49. The van der Waals surface area contributed by atoms with E-state index >= 15 is 0 Å². The Balaban J connectivity index is 3.30. The molecule has 0 bridgehead atoms. The van der Waals surface area contributed by atoms with Gasteiger partial charge in [-0.2, -0.15) is 0 Å². The summed E-state index contributed by atoms with van der Waals surface area (Å²) in [4.78, 5) is 0.142. The average Bonchev–Trinajstić information content (AvgIpc) is 2.03. The van der Waals surface area contributed by atoms with Gasteiger partial charge in [-0.15, -0.1) is 0 Å². The molecular weight excluding hydrogens is 259 g/mol. The maximum absolute atomic E-state index is 12.9. The van der Waals surface area contributed by atoms with Crippen LogP contribution in [0, 0.1) is 5.82 Å². The van der Waals surface area contributed by atoms with Crippen molar-refractivity contribution in [3.05, 3.63) is 29.6 Å². The second kappa shape index (κ2) is 3.75. The van der Waals surface area contributed by atoms with Crippen LogP contribution in [-0.4, -0.2) is 14.7 Å². The van der Waals surface area contributed by atoms with Gasteiger partial charge in [0.2, 0.25) is 0 Å². The summed E-state index contributed by atoms with van der Waals surface area (Å²) in [5.41, 5.74) is 0.350. The molecule has 0 aliphatic rings. The largest absolute Gasteiger partial charge is 0.224 e. The molecule has 0 atom stereocenters. The van der Waals surface area contributed by atoms with Gasteiger partial charge in [-0.3, -0.25) is 0 Å². The van der Waals surface area contributed by atoms with Crippen LogP contribution in [0.15, 0.2) is 23.1 Å². The first-order valence-corrected chi connectivity index (χ1v) is 6.51. The summed E-state index contributed by atoms with van der Waals surface area (Å²) < 4.78 is 35.1. The molecule has 0 aliphatic carbocycles. The third-order valence-corrected chi connectivity index (χ3v) is 3.30. The number of hydrogen-bond donors (Lipinski definition) is 0. The van der Waals surface area contributed by atoms with Gasteiger partial charge < -0.3 is 0 Å². The van der Waals surface area contributed by atoms with Crippen molar-refractivity contribution in [2.75, 3.05) is 6.26 Å². The predicted molar refractivity (Wildman–Crippen MR) is 52.1 cm³/mol. The highest BCUT2D eigenvalue weighted by Crippen LogP contribution is 2.16. The molecule has 0 aliphatic heterocycles. The van der Waals surface area contributed by atoms with Crippen LogP contribution >= 0.6 is 15.9 Å². The summed E-state index contributed by atoms with van der Waals surface area (Å²) in [5.74, 6) is -0.399. The Kier molecular flexibility index (Phi) is 3.08. The van der Waals surface area contributed by atoms with Crippen molar-refractivity contribution in [3.63, 3.8) is 0 Å². The van der Waals surface area contributed by atoms with Gasteiger partial charge in [0, 0.05) is 11.6 Å². The lowest BCUT2D eigenvalue weighted by Gasteiger charge is -2.01. The molecule has 1 aromatic carbocycles. The van der Waals surface area contributed by atoms with Crippen molar-refractivity contribution in [2.45, 2.75) is 10.2 Å². The summed E-state index contributed by atoms with van der Waals surface area (Å²) in [6.07, 6.45) is 1.10. The molecule has 13 heavy (non-hydrogen) atoms. The van der Waals surface area contributed by atoms with Crippen LogP contribution in [-0.2, 0) is 15.2 Å². The lowest BCUT2D eigenvalue weighted by Crippen LogP contribution is -1.98. The molecule has 2 nitrogen and oxygen atoms in total. The van der Waals surface area contributed by atoms with Gasteiger partial charge in [0.1, 0.15) is 5.82 Å². The van der Waals surface area contributed by atoms with Gasteiger partial charge in [-0.05, 0) is 23.8 Å². The molecule has 0 saturated carbocycles. The second-order valence-corrected chi connectivity index (χ2v) is 5.24. The van der Waals surface area contributed by atoms with Crippen LogP contribution in [0.5, 0.6) is 0 Å². The van der Waals surface area contributed by atoms with Crippen LogP contribution in [0.25, 0.3) is 0 Å². The Labute approximate surface area is 84.8 Å². The highest BCUT2D eigenvalue weighted by atomic mass is 79.9. The van der Waals surface area contributed by atoms with Crippen molar-refractivity contribution in [1.29, 1.82) is 0 Å². The molecular formula is C8H8BrFO2S. The van der Waals surface area contributed by atoms with Crippen LogP contribution < -0.4 is 0 Å². The van der Waals surface area contributed by atoms with Crippen LogP contribution in [0.2, 0.25) is 0 Å². The minimum atomic E-state index is -3.24. The Morgan fingerprint density at radius 1 is 1.46 bits per heavy atom. The fourth-order valence-corrected chi connectivity index (χ4v) is 1.99. The summed E-state index contributed by atoms with van der Waals surface area (Å²) >= 11 is 3.07. The van der Waals surface area contributed by atoms with Gasteiger partial charge in [0.25, 0.3) is 0 Å². The Morgan fingerprint density at radius 3 is 2.54 bits per heavy atom. The Bertz CT molecular complexity index is 414. The van der Waals surface area contributed by atoms with E-state index in [4.69, 9.17) is 0 Å². The van der Waals surface area contributed by atoms with Gasteiger partial charge in [-0.1, -0.05) is 15.9 Å². The zero-order valence-corrected chi connectivity index (χ0v) is 9.32. The molecule has 1 rings (SSSR count). The van der Waals surface area contributed by atoms with Crippen molar-refractivity contribution in [2.24, 2.45) is 0 Å². The van der Waals surface area contributed by atoms with Gasteiger partial charge >= 0.3 is 0 Å². The summed E-state index contributed by atoms with van der Waals surface area (Å²) in [6, 6.07) is 3.75. The molecule has 0 saturated heterocycles. The molecule has 0 N–H and O–H groups in total. The standard InChI is InChI=1S/C8H8BrFO2S/c1-13(11,12)7-2-3-8(10)6(4-7)5-9/h2-4H,5H2,1H3. The molecule has 0 aromatic heterocycles. The third kappa shape index (κ3) is 2.51. The predicted octanol–water partition coefficient (Wildman–Crippen LogP) is 2.12. The average molecular weight is 267 g/mol. The number of hydrogen-bond acceptors (Lipinski definition) is 2. The van der Waals surface area contributed by atoms with E-state index in [1.165, 1.54) is 12.1 Å². The fourth-order valence-electron chi connectivity index (χ4n) is 0.884. The first-order chi connectivity index (χ1) is 5.95. The van der Waals surface area contributed by atoms with E-state index in [2.05, 4.69) is 15.9 Å². The van der Waals surface area contributed by atoms with E-state index < -0.39 is 15.7 Å². The van der Waals surface area contributed by atoms with E-state index in [0.717, 1.165) is 12.3 Å². The number of benzene rings is 1. The fraction of sp³-hybridized carbons (Fsp3) is 0.250. The minimum Gasteiger partial charge on any atom is -0.224 e. The number of halogens is 2. The van der Waals surface area contributed by atoms with Crippen molar-refractivity contribution in [1.82, 2.24) is 0 Å². The lowest BCUT2D eigenvalue weighted by molar-refractivity contribution is 0.598. The van der Waals surface area contributed by atoms with Crippen molar-refractivity contribution >= 4 is 25.8 Å². The van der Waals surface area contributed by atoms with E-state index in [-0.39, 0.29) is 4.90 Å². The van der Waals surface area contributed by atoms with Crippen molar-refractivity contribution < 1.29 is 12.8 Å². The third-order valence-electron chi connectivity index (χ3n) is 1.59. The van der Waals surface area contributed by atoms with Gasteiger partial charge in [0.15, 0.2) is 9.84 Å². The SMILES string of the molecule is CS(=O)(=O)c1ccc(F)c(CBr)c1. The van der Waals surface area contributed by atoms with Gasteiger partial charge in [0.05, 0.1) is 4.90 Å². The highest BCUT2D eigenvalue weighted by Gasteiger charge is 2.09. The second-order valence-electron chi connectivity index (χ2n) is 2.66. The number of rotatable bonds is 2. The molecule has 0 spiro atoms. The topological polar surface area (TPSA) is 34.1 Å². The van der Waals surface area contributed by atoms with Crippen molar-refractivity contribution in [3.8, 4) is 0 Å². The first kappa shape index (κ1) is 10.7. The van der Waals surface area contributed by atoms with Crippen LogP contribution in [0.3, 0.4) is 0 Å². The maximum atomic E-state index is 12.9. The molecule has 0 fully saturated rings. The van der Waals surface area contributed by atoms with E-state index in [9.17, 15) is 12.8 Å². The Morgan fingerprint density at radius 2 is 2.08 bits per heavy atom. The lowest BCUT2D eigenvalue weighted by atomic mass is 10.2. The quantitative estimate of drug-likeness (QED) is 0.607. The minimum absolute atomic E-state index is 0.142. The number of alkyl halides is 1. The summed E-state index contributed by atoms with van der Waals surface area (Å²) in [5, 5.41) is 0.308. The maximum Gasteiger partial charge on any atom is 0.175 e. The molecule has 5 heteroatoms. The van der Waals surface area contributed by atoms with E-state index in [0.29, 0.717) is 10.9 Å². The molecule has 72 valence electrons. The normalized spacial score (nSPS) is 11.6. The molecule has 0 heterocycles. The molecule has 1 aromatic rings. The zero-order chi connectivity index (χ0) is 10.1. The summed E-state index contributed by atoms with van der Waals surface area (Å²) in [7, 11) is -3.24. The smallest absolute Gasteiger partial charge is 0.175 e. The van der Waals surface area contributed by atoms with Crippen LogP contribution in [0.4, 0.5) is 4.39 Å².